The lowest BCUT2D eigenvalue weighted by Gasteiger charge is -2.12. The van der Waals surface area contributed by atoms with Gasteiger partial charge in [0, 0.05) is 16.1 Å². The molecule has 0 saturated carbocycles. The van der Waals surface area contributed by atoms with E-state index in [2.05, 4.69) is 10.9 Å². The number of halogens is 1. The molecule has 29 heavy (non-hydrogen) atoms. The predicted octanol–water partition coefficient (Wildman–Crippen LogP) is 3.65. The Morgan fingerprint density at radius 1 is 0.759 bits per heavy atom. The molecule has 3 aromatic carbocycles. The highest BCUT2D eigenvalue weighted by Gasteiger charge is 2.19. The SMILES string of the molecule is COc1ccc(Cl)cc1C(=O)NNC(=O)c1ccccc1C(=O)c1ccccc1. The van der Waals surface area contributed by atoms with Crippen molar-refractivity contribution in [1.29, 1.82) is 0 Å². The highest BCUT2D eigenvalue weighted by atomic mass is 35.5. The molecule has 0 unspecified atom stereocenters. The average molecular weight is 409 g/mol. The Balaban J connectivity index is 1.78. The number of rotatable bonds is 5. The van der Waals surface area contributed by atoms with Crippen molar-refractivity contribution in [3.05, 3.63) is 100 Å². The summed E-state index contributed by atoms with van der Waals surface area (Å²) in [6, 6.07) is 19.6. The number of benzene rings is 3. The molecule has 0 aromatic heterocycles. The van der Waals surface area contributed by atoms with Gasteiger partial charge < -0.3 is 4.74 Å². The Morgan fingerprint density at radius 2 is 1.34 bits per heavy atom. The van der Waals surface area contributed by atoms with Gasteiger partial charge in [0.2, 0.25) is 0 Å². The van der Waals surface area contributed by atoms with Crippen LogP contribution in [0.1, 0.15) is 36.6 Å². The third kappa shape index (κ3) is 4.62. The van der Waals surface area contributed by atoms with Crippen molar-refractivity contribution >= 4 is 29.2 Å². The molecule has 0 spiro atoms. The third-order valence-corrected chi connectivity index (χ3v) is 4.38. The van der Waals surface area contributed by atoms with Crippen LogP contribution in [0.3, 0.4) is 0 Å². The number of methoxy groups -OCH3 is 1. The summed E-state index contributed by atoms with van der Waals surface area (Å²) in [7, 11) is 1.42. The van der Waals surface area contributed by atoms with Crippen molar-refractivity contribution < 1.29 is 19.1 Å². The number of ether oxygens (including phenoxy) is 1. The fourth-order valence-electron chi connectivity index (χ4n) is 2.73. The molecular weight excluding hydrogens is 392 g/mol. The molecule has 6 nitrogen and oxygen atoms in total. The first-order valence-electron chi connectivity index (χ1n) is 8.64. The standard InChI is InChI=1S/C22H17ClN2O4/c1-29-19-12-11-15(23)13-18(19)22(28)25-24-21(27)17-10-6-5-9-16(17)20(26)14-7-3-2-4-8-14/h2-13H,1H3,(H,24,27)(H,25,28). The summed E-state index contributed by atoms with van der Waals surface area (Å²) in [6.45, 7) is 0. The summed E-state index contributed by atoms with van der Waals surface area (Å²) >= 11 is 5.93. The molecular formula is C22H17ClN2O4. The zero-order valence-corrected chi connectivity index (χ0v) is 16.2. The van der Waals surface area contributed by atoms with E-state index in [-0.39, 0.29) is 22.5 Å². The van der Waals surface area contributed by atoms with E-state index in [1.54, 1.807) is 60.7 Å². The topological polar surface area (TPSA) is 84.5 Å². The van der Waals surface area contributed by atoms with Crippen LogP contribution < -0.4 is 15.6 Å². The Bertz CT molecular complexity index is 1070. The third-order valence-electron chi connectivity index (χ3n) is 4.15. The largest absolute Gasteiger partial charge is 0.496 e. The van der Waals surface area contributed by atoms with E-state index in [0.717, 1.165) is 0 Å². The fourth-order valence-corrected chi connectivity index (χ4v) is 2.90. The van der Waals surface area contributed by atoms with E-state index < -0.39 is 11.8 Å². The van der Waals surface area contributed by atoms with Gasteiger partial charge >= 0.3 is 0 Å². The molecule has 0 bridgehead atoms. The lowest BCUT2D eigenvalue weighted by atomic mass is 9.98. The summed E-state index contributed by atoms with van der Waals surface area (Å²) in [4.78, 5) is 37.8. The van der Waals surface area contributed by atoms with Gasteiger partial charge in [-0.3, -0.25) is 25.2 Å². The van der Waals surface area contributed by atoms with Crippen molar-refractivity contribution in [2.75, 3.05) is 7.11 Å². The van der Waals surface area contributed by atoms with Gasteiger partial charge in [0.1, 0.15) is 5.75 Å². The van der Waals surface area contributed by atoms with Crippen LogP contribution in [0.25, 0.3) is 0 Å². The van der Waals surface area contributed by atoms with E-state index in [9.17, 15) is 14.4 Å². The minimum atomic E-state index is -0.626. The Morgan fingerprint density at radius 3 is 2.00 bits per heavy atom. The van der Waals surface area contributed by atoms with Crippen LogP contribution in [0.4, 0.5) is 0 Å². The van der Waals surface area contributed by atoms with Gasteiger partial charge in [-0.25, -0.2) is 0 Å². The number of carbonyl (C=O) groups is 3. The quantitative estimate of drug-likeness (QED) is 0.498. The average Bonchev–Trinajstić information content (AvgIpc) is 2.77. The summed E-state index contributed by atoms with van der Waals surface area (Å²) in [5.41, 5.74) is 5.63. The molecule has 0 aliphatic rings. The minimum Gasteiger partial charge on any atom is -0.496 e. The number of nitrogens with one attached hydrogen (secondary N) is 2. The van der Waals surface area contributed by atoms with Gasteiger partial charge in [0.15, 0.2) is 5.78 Å². The maximum atomic E-state index is 12.8. The van der Waals surface area contributed by atoms with E-state index in [4.69, 9.17) is 16.3 Å². The zero-order valence-electron chi connectivity index (χ0n) is 15.4. The van der Waals surface area contributed by atoms with Crippen LogP contribution in [0.15, 0.2) is 72.8 Å². The van der Waals surface area contributed by atoms with Gasteiger partial charge in [-0.1, -0.05) is 60.1 Å². The molecule has 0 aliphatic heterocycles. The fraction of sp³-hybridized carbons (Fsp3) is 0.0455. The number of ketones is 1. The van der Waals surface area contributed by atoms with Crippen LogP contribution in [-0.4, -0.2) is 24.7 Å². The van der Waals surface area contributed by atoms with Gasteiger partial charge in [0.05, 0.1) is 18.2 Å². The monoisotopic (exact) mass is 408 g/mol. The normalized spacial score (nSPS) is 10.1. The van der Waals surface area contributed by atoms with Crippen LogP contribution in [0, 0.1) is 0 Å². The van der Waals surface area contributed by atoms with Crippen LogP contribution >= 0.6 is 11.6 Å². The second kappa shape index (κ2) is 9.03. The second-order valence-electron chi connectivity index (χ2n) is 5.99. The van der Waals surface area contributed by atoms with E-state index in [1.807, 2.05) is 0 Å². The molecule has 0 aliphatic carbocycles. The Hall–Kier alpha value is -3.64. The molecule has 0 heterocycles. The molecule has 146 valence electrons. The maximum absolute atomic E-state index is 12.8. The van der Waals surface area contributed by atoms with Crippen molar-refractivity contribution in [3.8, 4) is 5.75 Å². The van der Waals surface area contributed by atoms with Crippen LogP contribution in [0.5, 0.6) is 5.75 Å². The lowest BCUT2D eigenvalue weighted by molar-refractivity contribution is 0.0843. The molecule has 7 heteroatoms. The molecule has 0 fully saturated rings. The molecule has 3 aromatic rings. The summed E-state index contributed by atoms with van der Waals surface area (Å²) < 4.78 is 5.14. The van der Waals surface area contributed by atoms with E-state index >= 15 is 0 Å². The highest BCUT2D eigenvalue weighted by Crippen LogP contribution is 2.22. The second-order valence-corrected chi connectivity index (χ2v) is 6.43. The van der Waals surface area contributed by atoms with Crippen molar-refractivity contribution in [2.45, 2.75) is 0 Å². The van der Waals surface area contributed by atoms with Gasteiger partial charge in [-0.15, -0.1) is 0 Å². The predicted molar refractivity (Wildman–Crippen MR) is 109 cm³/mol. The molecule has 0 atom stereocenters. The Labute approximate surface area is 172 Å². The minimum absolute atomic E-state index is 0.139. The number of hydrazine groups is 1. The van der Waals surface area contributed by atoms with Crippen LogP contribution in [-0.2, 0) is 0 Å². The molecule has 0 saturated heterocycles. The van der Waals surface area contributed by atoms with Gasteiger partial charge in [0.25, 0.3) is 11.8 Å². The molecule has 0 radical (unpaired) electrons. The number of carbonyl (C=O) groups excluding carboxylic acids is 3. The maximum Gasteiger partial charge on any atom is 0.273 e. The first-order valence-corrected chi connectivity index (χ1v) is 9.02. The molecule has 2 N–H and O–H groups in total. The molecule has 3 rings (SSSR count). The highest BCUT2D eigenvalue weighted by molar-refractivity contribution is 6.31. The first kappa shape index (κ1) is 20.1. The number of hydrogen-bond acceptors (Lipinski definition) is 4. The number of hydrogen-bond donors (Lipinski definition) is 2. The molecule has 2 amide bonds. The lowest BCUT2D eigenvalue weighted by Crippen LogP contribution is -2.42. The van der Waals surface area contributed by atoms with Crippen molar-refractivity contribution in [1.82, 2.24) is 10.9 Å². The number of amides is 2. The summed E-state index contributed by atoms with van der Waals surface area (Å²) in [6.07, 6.45) is 0. The van der Waals surface area contributed by atoms with Crippen molar-refractivity contribution in [2.24, 2.45) is 0 Å². The van der Waals surface area contributed by atoms with E-state index in [1.165, 1.54) is 19.2 Å². The summed E-state index contributed by atoms with van der Waals surface area (Å²) in [5, 5.41) is 0.348. The van der Waals surface area contributed by atoms with Crippen molar-refractivity contribution in [3.63, 3.8) is 0 Å². The first-order chi connectivity index (χ1) is 14.0. The Kier molecular flexibility index (Phi) is 6.26. The smallest absolute Gasteiger partial charge is 0.273 e. The van der Waals surface area contributed by atoms with Gasteiger partial charge in [-0.2, -0.15) is 0 Å². The summed E-state index contributed by atoms with van der Waals surface area (Å²) in [5.74, 6) is -1.22. The van der Waals surface area contributed by atoms with Crippen LogP contribution in [0.2, 0.25) is 5.02 Å². The van der Waals surface area contributed by atoms with Gasteiger partial charge in [-0.05, 0) is 24.3 Å². The van der Waals surface area contributed by atoms with E-state index in [0.29, 0.717) is 16.3 Å². The zero-order chi connectivity index (χ0) is 20.8.